The highest BCUT2D eigenvalue weighted by molar-refractivity contribution is 5.84. The van der Waals surface area contributed by atoms with Gasteiger partial charge in [-0.25, -0.2) is 4.79 Å². The maximum absolute atomic E-state index is 12.0. The molecule has 2 unspecified atom stereocenters. The summed E-state index contributed by atoms with van der Waals surface area (Å²) in [6.07, 6.45) is 1.30. The van der Waals surface area contributed by atoms with Crippen molar-refractivity contribution in [3.8, 4) is 0 Å². The summed E-state index contributed by atoms with van der Waals surface area (Å²) in [6, 6.07) is -0.345. The maximum atomic E-state index is 12.0. The quantitative estimate of drug-likeness (QED) is 0.658. The molecule has 1 rings (SSSR count). The van der Waals surface area contributed by atoms with Gasteiger partial charge in [0.1, 0.15) is 6.04 Å². The summed E-state index contributed by atoms with van der Waals surface area (Å²) in [6.45, 7) is 5.24. The molecule has 1 fully saturated rings. The zero-order valence-corrected chi connectivity index (χ0v) is 11.9. The minimum absolute atomic E-state index is 0.0995. The molecule has 2 atom stereocenters. The number of hydrogen-bond acceptors (Lipinski definition) is 4. The maximum Gasteiger partial charge on any atom is 0.326 e. The number of hydrogen-bond donors (Lipinski definition) is 2. The minimum atomic E-state index is -0.951. The summed E-state index contributed by atoms with van der Waals surface area (Å²) >= 11 is 0. The number of carboxylic acid groups (broad SMARTS) is 1. The highest BCUT2D eigenvalue weighted by Gasteiger charge is 2.39. The van der Waals surface area contributed by atoms with Crippen LogP contribution < -0.4 is 5.32 Å². The molecule has 1 amide bonds. The number of methoxy groups -OCH3 is 1. The van der Waals surface area contributed by atoms with E-state index >= 15 is 0 Å². The SMILES string of the molecule is COC1CC(C(=O)O)N(C(=O)CCCNC(C)C)C1. The van der Waals surface area contributed by atoms with Crippen molar-refractivity contribution < 1.29 is 19.4 Å². The fourth-order valence-corrected chi connectivity index (χ4v) is 2.25. The Balaban J connectivity index is 2.43. The van der Waals surface area contributed by atoms with Crippen molar-refractivity contribution in [3.63, 3.8) is 0 Å². The number of amides is 1. The predicted octanol–water partition coefficient (Wildman–Crippen LogP) is 0.465. The summed E-state index contributed by atoms with van der Waals surface area (Å²) in [5.74, 6) is -1.05. The Morgan fingerprint density at radius 2 is 2.16 bits per heavy atom. The van der Waals surface area contributed by atoms with Gasteiger partial charge in [0.05, 0.1) is 6.10 Å². The van der Waals surface area contributed by atoms with Crippen LogP contribution in [-0.2, 0) is 14.3 Å². The van der Waals surface area contributed by atoms with E-state index in [0.717, 1.165) is 13.0 Å². The molecule has 0 bridgehead atoms. The molecule has 19 heavy (non-hydrogen) atoms. The smallest absolute Gasteiger partial charge is 0.326 e. The molecule has 110 valence electrons. The Bertz CT molecular complexity index is 320. The van der Waals surface area contributed by atoms with Crippen molar-refractivity contribution in [2.45, 2.75) is 51.3 Å². The van der Waals surface area contributed by atoms with Gasteiger partial charge in [-0.3, -0.25) is 4.79 Å². The third kappa shape index (κ3) is 4.80. The lowest BCUT2D eigenvalue weighted by molar-refractivity contribution is -0.148. The lowest BCUT2D eigenvalue weighted by Crippen LogP contribution is -2.40. The van der Waals surface area contributed by atoms with Crippen LogP contribution in [0.15, 0.2) is 0 Å². The Hall–Kier alpha value is -1.14. The summed E-state index contributed by atoms with van der Waals surface area (Å²) in [5.41, 5.74) is 0. The van der Waals surface area contributed by atoms with Crippen molar-refractivity contribution in [1.29, 1.82) is 0 Å². The van der Waals surface area contributed by atoms with Gasteiger partial charge >= 0.3 is 5.97 Å². The number of nitrogens with zero attached hydrogens (tertiary/aromatic N) is 1. The highest BCUT2D eigenvalue weighted by atomic mass is 16.5. The number of ether oxygens (including phenoxy) is 1. The van der Waals surface area contributed by atoms with E-state index in [1.807, 2.05) is 13.8 Å². The van der Waals surface area contributed by atoms with Crippen LogP contribution in [0.1, 0.15) is 33.1 Å². The first-order valence-corrected chi connectivity index (χ1v) is 6.74. The van der Waals surface area contributed by atoms with E-state index in [9.17, 15) is 9.59 Å². The molecule has 6 nitrogen and oxygen atoms in total. The molecular formula is C13H24N2O4. The molecule has 0 aliphatic carbocycles. The molecule has 0 aromatic heterocycles. The van der Waals surface area contributed by atoms with Gasteiger partial charge in [-0.15, -0.1) is 0 Å². The van der Waals surface area contributed by atoms with Gasteiger partial charge in [-0.1, -0.05) is 13.8 Å². The van der Waals surface area contributed by atoms with Crippen LogP contribution in [0.25, 0.3) is 0 Å². The van der Waals surface area contributed by atoms with Crippen molar-refractivity contribution in [1.82, 2.24) is 10.2 Å². The van der Waals surface area contributed by atoms with Crippen LogP contribution >= 0.6 is 0 Å². The zero-order chi connectivity index (χ0) is 14.4. The Kier molecular flexibility index (Phi) is 6.24. The molecule has 1 heterocycles. The van der Waals surface area contributed by atoms with Crippen LogP contribution in [-0.4, -0.2) is 60.3 Å². The van der Waals surface area contributed by atoms with Crippen molar-refractivity contribution >= 4 is 11.9 Å². The fourth-order valence-electron chi connectivity index (χ4n) is 2.25. The Morgan fingerprint density at radius 3 is 2.68 bits per heavy atom. The van der Waals surface area contributed by atoms with Crippen LogP contribution in [0.4, 0.5) is 0 Å². The first-order chi connectivity index (χ1) is 8.95. The summed E-state index contributed by atoms with van der Waals surface area (Å²) in [7, 11) is 1.55. The van der Waals surface area contributed by atoms with Crippen LogP contribution in [0, 0.1) is 0 Å². The number of likely N-dealkylation sites (tertiary alicyclic amines) is 1. The molecule has 1 saturated heterocycles. The average Bonchev–Trinajstić information content (AvgIpc) is 2.78. The van der Waals surface area contributed by atoms with Crippen molar-refractivity contribution in [2.75, 3.05) is 20.2 Å². The van der Waals surface area contributed by atoms with Gasteiger partial charge in [0.25, 0.3) is 0 Å². The third-order valence-electron chi connectivity index (χ3n) is 3.32. The van der Waals surface area contributed by atoms with E-state index in [-0.39, 0.29) is 12.0 Å². The van der Waals surface area contributed by atoms with Crippen molar-refractivity contribution in [2.24, 2.45) is 0 Å². The first-order valence-electron chi connectivity index (χ1n) is 6.74. The number of carboxylic acids is 1. The topological polar surface area (TPSA) is 78.9 Å². The van der Waals surface area contributed by atoms with Gasteiger partial charge in [-0.05, 0) is 13.0 Å². The first kappa shape index (κ1) is 15.9. The third-order valence-corrected chi connectivity index (χ3v) is 3.32. The Labute approximate surface area is 114 Å². The lowest BCUT2D eigenvalue weighted by Gasteiger charge is -2.21. The highest BCUT2D eigenvalue weighted by Crippen LogP contribution is 2.21. The van der Waals surface area contributed by atoms with Crippen molar-refractivity contribution in [3.05, 3.63) is 0 Å². The molecule has 0 radical (unpaired) electrons. The van der Waals surface area contributed by atoms with Crippen LogP contribution in [0.2, 0.25) is 0 Å². The number of nitrogens with one attached hydrogen (secondary N) is 1. The summed E-state index contributed by atoms with van der Waals surface area (Å²) in [4.78, 5) is 24.6. The number of rotatable bonds is 7. The van der Waals surface area contributed by atoms with Gasteiger partial charge in [-0.2, -0.15) is 0 Å². The monoisotopic (exact) mass is 272 g/mol. The second-order valence-corrected chi connectivity index (χ2v) is 5.21. The van der Waals surface area contributed by atoms with E-state index in [2.05, 4.69) is 5.32 Å². The standard InChI is InChI=1S/C13H24N2O4/c1-9(2)14-6-4-5-12(16)15-8-10(19-3)7-11(15)13(17)18/h9-11,14H,4-8H2,1-3H3,(H,17,18). The van der Waals surface area contributed by atoms with Crippen LogP contribution in [0.5, 0.6) is 0 Å². The average molecular weight is 272 g/mol. The van der Waals surface area contributed by atoms with Gasteiger partial charge < -0.3 is 20.1 Å². The van der Waals surface area contributed by atoms with Crippen LogP contribution in [0.3, 0.4) is 0 Å². The molecule has 0 saturated carbocycles. The number of carbonyl (C=O) groups excluding carboxylic acids is 1. The Morgan fingerprint density at radius 1 is 1.47 bits per heavy atom. The number of carbonyl (C=O) groups is 2. The second kappa shape index (κ2) is 7.45. The van der Waals surface area contributed by atoms with E-state index in [1.165, 1.54) is 4.90 Å². The van der Waals surface area contributed by atoms with Gasteiger partial charge in [0.2, 0.25) is 5.91 Å². The second-order valence-electron chi connectivity index (χ2n) is 5.21. The van der Waals surface area contributed by atoms with Gasteiger partial charge in [0.15, 0.2) is 0 Å². The molecular weight excluding hydrogens is 248 g/mol. The largest absolute Gasteiger partial charge is 0.480 e. The molecule has 6 heteroatoms. The molecule has 0 aromatic rings. The van der Waals surface area contributed by atoms with E-state index in [1.54, 1.807) is 7.11 Å². The van der Waals surface area contributed by atoms with E-state index in [0.29, 0.717) is 25.4 Å². The van der Waals surface area contributed by atoms with E-state index in [4.69, 9.17) is 9.84 Å². The fraction of sp³-hybridized carbons (Fsp3) is 0.846. The molecule has 1 aliphatic rings. The van der Waals surface area contributed by atoms with E-state index < -0.39 is 12.0 Å². The normalized spacial score (nSPS) is 23.1. The zero-order valence-electron chi connectivity index (χ0n) is 11.9. The summed E-state index contributed by atoms with van der Waals surface area (Å²) in [5, 5.41) is 12.4. The lowest BCUT2D eigenvalue weighted by atomic mass is 10.2. The molecule has 2 N–H and O–H groups in total. The van der Waals surface area contributed by atoms with Gasteiger partial charge in [0, 0.05) is 32.5 Å². The summed E-state index contributed by atoms with van der Waals surface area (Å²) < 4.78 is 5.16. The molecule has 0 aromatic carbocycles. The molecule has 0 spiro atoms. The minimum Gasteiger partial charge on any atom is -0.480 e. The predicted molar refractivity (Wildman–Crippen MR) is 70.9 cm³/mol. The molecule has 1 aliphatic heterocycles. The number of aliphatic carboxylic acids is 1.